The Kier molecular flexibility index (Phi) is 6.88. The number of aromatic nitrogens is 2. The van der Waals surface area contributed by atoms with Crippen molar-refractivity contribution in [1.82, 2.24) is 14.9 Å². The van der Waals surface area contributed by atoms with E-state index in [1.54, 1.807) is 7.11 Å². The minimum absolute atomic E-state index is 0.0653. The number of nitrogens with one attached hydrogen (secondary N) is 2. The van der Waals surface area contributed by atoms with E-state index in [1.165, 1.54) is 17.0 Å². The summed E-state index contributed by atoms with van der Waals surface area (Å²) in [5.41, 5.74) is 6.07. The number of rotatable bonds is 7. The molecular weight excluding hydrogens is 446 g/mol. The Morgan fingerprint density at radius 2 is 2.00 bits per heavy atom. The van der Waals surface area contributed by atoms with Gasteiger partial charge in [0.25, 0.3) is 0 Å². The average Bonchev–Trinajstić information content (AvgIpc) is 3.34. The summed E-state index contributed by atoms with van der Waals surface area (Å²) in [5, 5.41) is 7.03. The number of methoxy groups -OCH3 is 1. The van der Waals surface area contributed by atoms with Gasteiger partial charge in [0, 0.05) is 42.3 Å². The minimum Gasteiger partial charge on any atom is -0.494 e. The molecule has 1 aliphatic rings. The van der Waals surface area contributed by atoms with Crippen molar-refractivity contribution in [3.8, 4) is 5.75 Å². The minimum atomic E-state index is -0.120. The summed E-state index contributed by atoms with van der Waals surface area (Å²) in [7, 11) is 1.60. The number of hydrogen-bond donors (Lipinski definition) is 2. The van der Waals surface area contributed by atoms with Crippen molar-refractivity contribution >= 4 is 34.6 Å². The van der Waals surface area contributed by atoms with Gasteiger partial charge in [0.05, 0.1) is 30.6 Å². The molecule has 0 unspecified atom stereocenters. The first-order chi connectivity index (χ1) is 16.4. The summed E-state index contributed by atoms with van der Waals surface area (Å²) in [4.78, 5) is 18.7. The molecule has 0 radical (unpaired) electrons. The molecule has 2 N–H and O–H groups in total. The van der Waals surface area contributed by atoms with Gasteiger partial charge in [0.1, 0.15) is 5.75 Å². The fourth-order valence-electron chi connectivity index (χ4n) is 4.73. The molecule has 1 fully saturated rings. The van der Waals surface area contributed by atoms with Crippen LogP contribution < -0.4 is 20.3 Å². The molecule has 0 spiro atoms. The van der Waals surface area contributed by atoms with Crippen LogP contribution in [0.5, 0.6) is 5.75 Å². The molecule has 3 aromatic rings. The van der Waals surface area contributed by atoms with Crippen LogP contribution in [0.15, 0.2) is 48.7 Å². The lowest BCUT2D eigenvalue weighted by Crippen LogP contribution is -2.29. The molecule has 1 saturated heterocycles. The Labute approximate surface area is 206 Å². The molecule has 0 bridgehead atoms. The van der Waals surface area contributed by atoms with E-state index < -0.39 is 0 Å². The van der Waals surface area contributed by atoms with Crippen molar-refractivity contribution in [2.24, 2.45) is 0 Å². The van der Waals surface area contributed by atoms with Gasteiger partial charge in [-0.1, -0.05) is 13.0 Å². The molecule has 1 amide bonds. The third-order valence-corrected chi connectivity index (χ3v) is 6.72. The molecule has 0 aliphatic carbocycles. The zero-order valence-electron chi connectivity index (χ0n) is 20.3. The number of thiocarbonyl (C=S) groups is 1. The normalized spacial score (nSPS) is 17.6. The lowest BCUT2D eigenvalue weighted by molar-refractivity contribution is -0.115. The van der Waals surface area contributed by atoms with Gasteiger partial charge in [-0.2, -0.15) is 0 Å². The topological polar surface area (TPSA) is 71.4 Å². The highest BCUT2D eigenvalue weighted by atomic mass is 32.1. The Bertz CT molecular complexity index is 1210. The van der Waals surface area contributed by atoms with E-state index in [1.807, 2.05) is 49.5 Å². The lowest BCUT2D eigenvalue weighted by Gasteiger charge is -2.28. The van der Waals surface area contributed by atoms with Crippen LogP contribution in [0.4, 0.5) is 11.4 Å². The highest BCUT2D eigenvalue weighted by Crippen LogP contribution is 2.44. The number of carbonyl (C=O) groups is 1. The Balaban J connectivity index is 1.83. The highest BCUT2D eigenvalue weighted by Gasteiger charge is 2.42. The molecule has 2 atom stereocenters. The first kappa shape index (κ1) is 23.8. The van der Waals surface area contributed by atoms with Gasteiger partial charge in [0.15, 0.2) is 5.11 Å². The zero-order valence-corrected chi connectivity index (χ0v) is 21.1. The van der Waals surface area contributed by atoms with Crippen LogP contribution in [0.3, 0.4) is 0 Å². The number of aryl methyl sites for hydroxylation is 1. The molecule has 8 heteroatoms. The molecule has 7 nitrogen and oxygen atoms in total. The second-order valence-electron chi connectivity index (χ2n) is 8.35. The van der Waals surface area contributed by atoms with Gasteiger partial charge in [-0.15, -0.1) is 0 Å². The van der Waals surface area contributed by atoms with E-state index in [0.717, 1.165) is 17.9 Å². The van der Waals surface area contributed by atoms with Crippen molar-refractivity contribution in [2.45, 2.75) is 52.7 Å². The number of anilines is 2. The molecule has 178 valence electrons. The largest absolute Gasteiger partial charge is 0.494 e. The highest BCUT2D eigenvalue weighted by molar-refractivity contribution is 7.80. The predicted octanol–water partition coefficient (Wildman–Crippen LogP) is 5.05. The third kappa shape index (κ3) is 4.25. The second kappa shape index (κ2) is 9.85. The summed E-state index contributed by atoms with van der Waals surface area (Å²) in [6.07, 6.45) is 2.20. The molecule has 1 aromatic carbocycles. The fraction of sp³-hybridized carbons (Fsp3) is 0.346. The Morgan fingerprint density at radius 1 is 1.21 bits per heavy atom. The fourth-order valence-corrected chi connectivity index (χ4v) is 5.08. The summed E-state index contributed by atoms with van der Waals surface area (Å²) in [5.74, 6) is 0.519. The summed E-state index contributed by atoms with van der Waals surface area (Å²) < 4.78 is 7.94. The monoisotopic (exact) mass is 477 g/mol. The van der Waals surface area contributed by atoms with Crippen LogP contribution in [-0.2, 0) is 11.3 Å². The second-order valence-corrected chi connectivity index (χ2v) is 8.74. The Morgan fingerprint density at radius 3 is 2.62 bits per heavy atom. The maximum atomic E-state index is 12.0. The molecule has 2 aromatic heterocycles. The maximum Gasteiger partial charge on any atom is 0.224 e. The van der Waals surface area contributed by atoms with Crippen molar-refractivity contribution < 1.29 is 9.53 Å². The predicted molar refractivity (Wildman–Crippen MR) is 139 cm³/mol. The van der Waals surface area contributed by atoms with E-state index in [9.17, 15) is 4.79 Å². The summed E-state index contributed by atoms with van der Waals surface area (Å²) >= 11 is 5.86. The summed E-state index contributed by atoms with van der Waals surface area (Å²) in [6, 6.07) is 13.7. The first-order valence-corrected chi connectivity index (χ1v) is 12.0. The van der Waals surface area contributed by atoms with Gasteiger partial charge in [-0.25, -0.2) is 0 Å². The molecule has 0 saturated carbocycles. The Hall–Kier alpha value is -3.39. The lowest BCUT2D eigenvalue weighted by atomic mass is 9.96. The number of pyridine rings is 1. The van der Waals surface area contributed by atoms with Crippen molar-refractivity contribution in [3.63, 3.8) is 0 Å². The number of amides is 1. The van der Waals surface area contributed by atoms with Crippen LogP contribution in [0, 0.1) is 13.8 Å². The zero-order chi connectivity index (χ0) is 24.4. The average molecular weight is 478 g/mol. The van der Waals surface area contributed by atoms with Crippen molar-refractivity contribution in [2.75, 3.05) is 17.3 Å². The van der Waals surface area contributed by atoms with Crippen molar-refractivity contribution in [3.05, 3.63) is 71.3 Å². The number of ether oxygens (including phenoxy) is 1. The van der Waals surface area contributed by atoms with E-state index in [4.69, 9.17) is 17.0 Å². The smallest absolute Gasteiger partial charge is 0.224 e. The molecule has 34 heavy (non-hydrogen) atoms. The van der Waals surface area contributed by atoms with E-state index in [2.05, 4.69) is 51.9 Å². The number of benzene rings is 1. The standard InChI is InChI=1S/C26H31N5O2S/c1-6-23(32)28-20-12-11-18(15-22(20)33-5)31-25(19-14-16(3)30(7-2)17(19)4)24(29-26(31)34)21-10-8-9-13-27-21/h8-15,24-25H,6-7H2,1-5H3,(H,28,32)(H,29,34)/t24-,25-/m1/s1. The van der Waals surface area contributed by atoms with E-state index >= 15 is 0 Å². The van der Waals surface area contributed by atoms with Crippen molar-refractivity contribution in [1.29, 1.82) is 0 Å². The third-order valence-electron chi connectivity index (χ3n) is 6.40. The number of hydrogen-bond acceptors (Lipinski definition) is 4. The molecule has 1 aliphatic heterocycles. The van der Waals surface area contributed by atoms with E-state index in [0.29, 0.717) is 23.0 Å². The van der Waals surface area contributed by atoms with Gasteiger partial charge in [-0.05, 0) is 68.9 Å². The maximum absolute atomic E-state index is 12.0. The van der Waals surface area contributed by atoms with Gasteiger partial charge < -0.3 is 24.8 Å². The van der Waals surface area contributed by atoms with Crippen LogP contribution in [0.25, 0.3) is 0 Å². The van der Waals surface area contributed by atoms with E-state index in [-0.39, 0.29) is 18.0 Å². The SMILES string of the molecule is CCC(=O)Nc1ccc(N2C(=S)N[C@H](c3ccccn3)[C@H]2c2cc(C)n(CC)c2C)cc1OC. The molecular formula is C26H31N5O2S. The van der Waals surface area contributed by atoms with Crippen LogP contribution in [0.2, 0.25) is 0 Å². The summed E-state index contributed by atoms with van der Waals surface area (Å²) in [6.45, 7) is 9.17. The van der Waals surface area contributed by atoms with Crippen LogP contribution in [0.1, 0.15) is 55.0 Å². The van der Waals surface area contributed by atoms with Crippen LogP contribution >= 0.6 is 12.2 Å². The quantitative estimate of drug-likeness (QED) is 0.464. The number of carbonyl (C=O) groups excluding carboxylic acids is 1. The van der Waals surface area contributed by atoms with Gasteiger partial charge in [-0.3, -0.25) is 9.78 Å². The van der Waals surface area contributed by atoms with Crippen LogP contribution in [-0.4, -0.2) is 27.7 Å². The van der Waals surface area contributed by atoms with Gasteiger partial charge in [0.2, 0.25) is 5.91 Å². The van der Waals surface area contributed by atoms with Gasteiger partial charge >= 0.3 is 0 Å². The first-order valence-electron chi connectivity index (χ1n) is 11.5. The number of nitrogens with zero attached hydrogens (tertiary/aromatic N) is 3. The molecule has 4 rings (SSSR count). The molecule has 3 heterocycles.